The van der Waals surface area contributed by atoms with E-state index in [1.165, 1.54) is 0 Å². The molecule has 4 aliphatic rings. The van der Waals surface area contributed by atoms with Crippen LogP contribution in [0.1, 0.15) is 45.4 Å². The first-order chi connectivity index (χ1) is 11.1. The SMILES string of the molecule is CC1CC(C(=O)N2C[C@H](C(=O)N3CCCC3)C[C@H]3OCC[C@H]32)C1. The summed E-state index contributed by atoms with van der Waals surface area (Å²) in [5.41, 5.74) is 0. The molecule has 0 radical (unpaired) electrons. The molecule has 3 saturated heterocycles. The minimum Gasteiger partial charge on any atom is -0.376 e. The molecule has 5 heteroatoms. The van der Waals surface area contributed by atoms with Crippen molar-refractivity contribution < 1.29 is 14.3 Å². The van der Waals surface area contributed by atoms with Gasteiger partial charge in [0.2, 0.25) is 11.8 Å². The van der Waals surface area contributed by atoms with E-state index in [9.17, 15) is 9.59 Å². The number of carbonyl (C=O) groups excluding carboxylic acids is 2. The van der Waals surface area contributed by atoms with Crippen LogP contribution in [0, 0.1) is 17.8 Å². The molecule has 0 aromatic carbocycles. The third kappa shape index (κ3) is 2.77. The Balaban J connectivity index is 1.47. The number of carbonyl (C=O) groups is 2. The Bertz CT molecular complexity index is 483. The number of nitrogens with zero attached hydrogens (tertiary/aromatic N) is 2. The van der Waals surface area contributed by atoms with Gasteiger partial charge >= 0.3 is 0 Å². The molecular weight excluding hydrogens is 292 g/mol. The first kappa shape index (κ1) is 15.4. The second-order valence-electron chi connectivity index (χ2n) is 7.99. The number of rotatable bonds is 2. The summed E-state index contributed by atoms with van der Waals surface area (Å²) in [5.74, 6) is 1.32. The molecule has 3 atom stereocenters. The fraction of sp³-hybridized carbons (Fsp3) is 0.889. The Kier molecular flexibility index (Phi) is 4.08. The van der Waals surface area contributed by atoms with Crippen molar-refractivity contribution >= 4 is 11.8 Å². The number of piperidine rings is 1. The van der Waals surface area contributed by atoms with Gasteiger partial charge in [0.15, 0.2) is 0 Å². The highest BCUT2D eigenvalue weighted by atomic mass is 16.5. The van der Waals surface area contributed by atoms with Crippen LogP contribution in [-0.2, 0) is 14.3 Å². The average Bonchev–Trinajstić information content (AvgIpc) is 3.20. The third-order valence-corrected chi connectivity index (χ3v) is 6.28. The standard InChI is InChI=1S/C18H28N2O3/c1-12-8-13(9-12)18(22)20-11-14(10-16-15(20)4-7-23-16)17(21)19-5-2-3-6-19/h12-16H,2-11H2,1H3/t12?,13?,14-,15-,16-/m1/s1. The first-order valence-corrected chi connectivity index (χ1v) is 9.34. The van der Waals surface area contributed by atoms with Gasteiger partial charge in [0.05, 0.1) is 18.1 Å². The van der Waals surface area contributed by atoms with Crippen LogP contribution in [0.25, 0.3) is 0 Å². The molecule has 1 saturated carbocycles. The van der Waals surface area contributed by atoms with E-state index in [0.29, 0.717) is 12.5 Å². The highest BCUT2D eigenvalue weighted by Crippen LogP contribution is 2.39. The summed E-state index contributed by atoms with van der Waals surface area (Å²) >= 11 is 0. The summed E-state index contributed by atoms with van der Waals surface area (Å²) in [6.07, 6.45) is 6.06. The number of likely N-dealkylation sites (tertiary alicyclic amines) is 2. The highest BCUT2D eigenvalue weighted by molar-refractivity contribution is 5.83. The second kappa shape index (κ2) is 6.08. The Morgan fingerprint density at radius 1 is 1.00 bits per heavy atom. The summed E-state index contributed by atoms with van der Waals surface area (Å²) in [6, 6.07) is 0.209. The van der Waals surface area contributed by atoms with Gasteiger partial charge in [0.25, 0.3) is 0 Å². The van der Waals surface area contributed by atoms with Crippen molar-refractivity contribution in [2.45, 2.75) is 57.6 Å². The molecule has 3 aliphatic heterocycles. The molecule has 0 spiro atoms. The molecule has 0 aromatic rings. The molecule has 2 amide bonds. The van der Waals surface area contributed by atoms with Crippen LogP contribution in [-0.4, -0.2) is 60.0 Å². The van der Waals surface area contributed by atoms with E-state index in [4.69, 9.17) is 4.74 Å². The molecule has 5 nitrogen and oxygen atoms in total. The van der Waals surface area contributed by atoms with Gasteiger partial charge in [-0.2, -0.15) is 0 Å². The molecule has 1 aliphatic carbocycles. The van der Waals surface area contributed by atoms with Gasteiger partial charge in [0, 0.05) is 32.2 Å². The number of amides is 2. The van der Waals surface area contributed by atoms with Crippen molar-refractivity contribution in [2.24, 2.45) is 17.8 Å². The largest absolute Gasteiger partial charge is 0.376 e. The molecule has 3 heterocycles. The zero-order valence-corrected chi connectivity index (χ0v) is 14.1. The molecular formula is C18H28N2O3. The Morgan fingerprint density at radius 2 is 1.74 bits per heavy atom. The Morgan fingerprint density at radius 3 is 2.43 bits per heavy atom. The van der Waals surface area contributed by atoms with Crippen LogP contribution < -0.4 is 0 Å². The minimum atomic E-state index is -0.0612. The summed E-state index contributed by atoms with van der Waals surface area (Å²) in [6.45, 7) is 5.33. The molecule has 0 aromatic heterocycles. The van der Waals surface area contributed by atoms with Crippen molar-refractivity contribution in [3.8, 4) is 0 Å². The van der Waals surface area contributed by atoms with Gasteiger partial charge in [-0.3, -0.25) is 9.59 Å². The second-order valence-corrected chi connectivity index (χ2v) is 7.99. The van der Waals surface area contributed by atoms with Crippen LogP contribution in [0.4, 0.5) is 0 Å². The normalized spacial score (nSPS) is 40.0. The van der Waals surface area contributed by atoms with Crippen molar-refractivity contribution in [3.63, 3.8) is 0 Å². The van der Waals surface area contributed by atoms with Gasteiger partial charge in [-0.05, 0) is 44.4 Å². The zero-order chi connectivity index (χ0) is 16.0. The highest BCUT2D eigenvalue weighted by Gasteiger charge is 2.47. The van der Waals surface area contributed by atoms with E-state index in [1.54, 1.807) is 0 Å². The van der Waals surface area contributed by atoms with E-state index < -0.39 is 0 Å². The predicted molar refractivity (Wildman–Crippen MR) is 85.7 cm³/mol. The van der Waals surface area contributed by atoms with Gasteiger partial charge < -0.3 is 14.5 Å². The topological polar surface area (TPSA) is 49.9 Å². The quantitative estimate of drug-likeness (QED) is 0.777. The summed E-state index contributed by atoms with van der Waals surface area (Å²) in [4.78, 5) is 29.7. The summed E-state index contributed by atoms with van der Waals surface area (Å²) in [7, 11) is 0. The molecule has 0 unspecified atom stereocenters. The molecule has 4 fully saturated rings. The van der Waals surface area contributed by atoms with E-state index in [1.807, 2.05) is 9.80 Å². The van der Waals surface area contributed by atoms with Crippen LogP contribution in [0.15, 0.2) is 0 Å². The van der Waals surface area contributed by atoms with Crippen molar-refractivity contribution in [1.82, 2.24) is 9.80 Å². The summed E-state index contributed by atoms with van der Waals surface area (Å²) < 4.78 is 5.87. The molecule has 0 bridgehead atoms. The van der Waals surface area contributed by atoms with Crippen LogP contribution in [0.5, 0.6) is 0 Å². The van der Waals surface area contributed by atoms with Gasteiger partial charge in [0.1, 0.15) is 0 Å². The number of ether oxygens (including phenoxy) is 1. The average molecular weight is 320 g/mol. The maximum atomic E-state index is 12.9. The van der Waals surface area contributed by atoms with E-state index in [-0.39, 0.29) is 35.8 Å². The van der Waals surface area contributed by atoms with Crippen LogP contribution >= 0.6 is 0 Å². The van der Waals surface area contributed by atoms with Gasteiger partial charge in [-0.1, -0.05) is 6.92 Å². The lowest BCUT2D eigenvalue weighted by Gasteiger charge is -2.44. The fourth-order valence-corrected chi connectivity index (χ4v) is 4.91. The van der Waals surface area contributed by atoms with Crippen molar-refractivity contribution in [1.29, 1.82) is 0 Å². The molecule has 128 valence electrons. The minimum absolute atomic E-state index is 0.0612. The van der Waals surface area contributed by atoms with Gasteiger partial charge in [-0.15, -0.1) is 0 Å². The van der Waals surface area contributed by atoms with E-state index in [0.717, 1.165) is 58.2 Å². The first-order valence-electron chi connectivity index (χ1n) is 9.34. The monoisotopic (exact) mass is 320 g/mol. The Hall–Kier alpha value is -1.10. The van der Waals surface area contributed by atoms with Crippen LogP contribution in [0.2, 0.25) is 0 Å². The lowest BCUT2D eigenvalue weighted by atomic mass is 9.74. The van der Waals surface area contributed by atoms with E-state index >= 15 is 0 Å². The lowest BCUT2D eigenvalue weighted by molar-refractivity contribution is -0.151. The molecule has 4 rings (SSSR count). The number of hydrogen-bond donors (Lipinski definition) is 0. The fourth-order valence-electron chi connectivity index (χ4n) is 4.91. The maximum Gasteiger partial charge on any atom is 0.227 e. The Labute approximate surface area is 138 Å². The maximum absolute atomic E-state index is 12.9. The van der Waals surface area contributed by atoms with Crippen molar-refractivity contribution in [3.05, 3.63) is 0 Å². The van der Waals surface area contributed by atoms with Crippen molar-refractivity contribution in [2.75, 3.05) is 26.2 Å². The molecule has 0 N–H and O–H groups in total. The van der Waals surface area contributed by atoms with E-state index in [2.05, 4.69) is 6.92 Å². The smallest absolute Gasteiger partial charge is 0.227 e. The lowest BCUT2D eigenvalue weighted by Crippen LogP contribution is -2.57. The summed E-state index contributed by atoms with van der Waals surface area (Å²) in [5, 5.41) is 0. The number of hydrogen-bond acceptors (Lipinski definition) is 3. The predicted octanol–water partition coefficient (Wildman–Crippen LogP) is 1.66. The van der Waals surface area contributed by atoms with Crippen LogP contribution in [0.3, 0.4) is 0 Å². The zero-order valence-electron chi connectivity index (χ0n) is 14.1. The third-order valence-electron chi connectivity index (χ3n) is 6.28. The molecule has 23 heavy (non-hydrogen) atoms. The van der Waals surface area contributed by atoms with Gasteiger partial charge in [-0.25, -0.2) is 0 Å². The number of fused-ring (bicyclic) bond motifs is 1.